The van der Waals surface area contributed by atoms with E-state index in [0.29, 0.717) is 0 Å². The fourth-order valence-corrected chi connectivity index (χ4v) is 1.55. The lowest BCUT2D eigenvalue weighted by Gasteiger charge is -2.38. The summed E-state index contributed by atoms with van der Waals surface area (Å²) in [4.78, 5) is 22.4. The summed E-state index contributed by atoms with van der Waals surface area (Å²) in [6.07, 6.45) is -2.36. The molecule has 2 amide bonds. The summed E-state index contributed by atoms with van der Waals surface area (Å²) in [5, 5.41) is 9.62. The Labute approximate surface area is 97.7 Å². The minimum absolute atomic E-state index is 0.517. The molecular formula is C10H16F2N2O3. The van der Waals surface area contributed by atoms with Crippen molar-refractivity contribution in [1.29, 1.82) is 0 Å². The number of halogens is 2. The van der Waals surface area contributed by atoms with Crippen LogP contribution in [-0.4, -0.2) is 33.6 Å². The van der Waals surface area contributed by atoms with Gasteiger partial charge in [-0.1, -0.05) is 0 Å². The SMILES string of the molecule is CC(C)(C)N(NC(=O)C1CC(F)(F)C1)C(=O)O. The standard InChI is InChI=1S/C10H16F2N2O3/c1-9(2,3)14(8(16)17)13-7(15)6-4-10(11,12)5-6/h6H,4-5H2,1-3H3,(H,13,15)(H,16,17). The number of nitrogens with zero attached hydrogens (tertiary/aromatic N) is 1. The van der Waals surface area contributed by atoms with Crippen molar-refractivity contribution in [2.45, 2.75) is 45.1 Å². The zero-order valence-electron chi connectivity index (χ0n) is 9.96. The lowest BCUT2D eigenvalue weighted by atomic mass is 9.81. The lowest BCUT2D eigenvalue weighted by Crippen LogP contribution is -2.58. The highest BCUT2D eigenvalue weighted by atomic mass is 19.3. The second kappa shape index (κ2) is 4.12. The largest absolute Gasteiger partial charge is 0.464 e. The Morgan fingerprint density at radius 2 is 1.82 bits per heavy atom. The summed E-state index contributed by atoms with van der Waals surface area (Å²) in [5.74, 6) is -4.28. The van der Waals surface area contributed by atoms with E-state index in [4.69, 9.17) is 5.11 Å². The zero-order chi connectivity index (χ0) is 13.4. The third-order valence-corrected chi connectivity index (χ3v) is 2.54. The van der Waals surface area contributed by atoms with Crippen LogP contribution in [0.5, 0.6) is 0 Å². The molecule has 7 heteroatoms. The van der Waals surface area contributed by atoms with Crippen molar-refractivity contribution in [1.82, 2.24) is 10.4 Å². The van der Waals surface area contributed by atoms with Crippen molar-refractivity contribution in [3.63, 3.8) is 0 Å². The van der Waals surface area contributed by atoms with Crippen molar-refractivity contribution in [2.24, 2.45) is 5.92 Å². The van der Waals surface area contributed by atoms with Crippen molar-refractivity contribution in [2.75, 3.05) is 0 Å². The van der Waals surface area contributed by atoms with Crippen LogP contribution < -0.4 is 5.43 Å². The molecule has 0 spiro atoms. The molecule has 0 atom stereocenters. The van der Waals surface area contributed by atoms with Gasteiger partial charge in [0.05, 0.1) is 11.5 Å². The molecule has 98 valence electrons. The van der Waals surface area contributed by atoms with Gasteiger partial charge in [0.1, 0.15) is 0 Å². The lowest BCUT2D eigenvalue weighted by molar-refractivity contribution is -0.155. The van der Waals surface area contributed by atoms with Crippen LogP contribution in [-0.2, 0) is 4.79 Å². The first-order valence-electron chi connectivity index (χ1n) is 5.24. The molecule has 0 unspecified atom stereocenters. The number of rotatable bonds is 1. The van der Waals surface area contributed by atoms with E-state index >= 15 is 0 Å². The van der Waals surface area contributed by atoms with E-state index in [2.05, 4.69) is 5.43 Å². The van der Waals surface area contributed by atoms with Gasteiger partial charge in [0.2, 0.25) is 11.8 Å². The first kappa shape index (κ1) is 13.7. The maximum absolute atomic E-state index is 12.6. The van der Waals surface area contributed by atoms with E-state index in [9.17, 15) is 18.4 Å². The summed E-state index contributed by atoms with van der Waals surface area (Å²) in [7, 11) is 0. The molecule has 0 aliphatic heterocycles. The number of nitrogens with one attached hydrogen (secondary N) is 1. The quantitative estimate of drug-likeness (QED) is 0.698. The number of amides is 2. The van der Waals surface area contributed by atoms with Gasteiger partial charge in [-0.3, -0.25) is 10.2 Å². The van der Waals surface area contributed by atoms with E-state index in [1.165, 1.54) is 0 Å². The molecule has 1 fully saturated rings. The van der Waals surface area contributed by atoms with Crippen molar-refractivity contribution >= 4 is 12.0 Å². The number of carboxylic acid groups (broad SMARTS) is 1. The number of alkyl halides is 2. The second-order valence-corrected chi connectivity index (χ2v) is 5.23. The topological polar surface area (TPSA) is 69.6 Å². The molecule has 0 saturated heterocycles. The number of hydrazine groups is 1. The molecule has 1 aliphatic carbocycles. The van der Waals surface area contributed by atoms with E-state index in [0.717, 1.165) is 5.01 Å². The molecule has 0 bridgehead atoms. The van der Waals surface area contributed by atoms with Gasteiger partial charge in [-0.25, -0.2) is 18.6 Å². The van der Waals surface area contributed by atoms with Gasteiger partial charge >= 0.3 is 6.09 Å². The molecule has 1 saturated carbocycles. The van der Waals surface area contributed by atoms with Crippen molar-refractivity contribution in [3.8, 4) is 0 Å². The molecule has 17 heavy (non-hydrogen) atoms. The van der Waals surface area contributed by atoms with Gasteiger partial charge in [0, 0.05) is 12.8 Å². The number of carbonyl (C=O) groups is 2. The predicted molar refractivity (Wildman–Crippen MR) is 55.4 cm³/mol. The zero-order valence-corrected chi connectivity index (χ0v) is 9.96. The minimum Gasteiger partial charge on any atom is -0.464 e. The van der Waals surface area contributed by atoms with E-state index in [1.54, 1.807) is 20.8 Å². The highest BCUT2D eigenvalue weighted by Crippen LogP contribution is 2.42. The summed E-state index contributed by atoms with van der Waals surface area (Å²) in [5.41, 5.74) is 1.33. The average Bonchev–Trinajstić information content (AvgIpc) is 2.07. The van der Waals surface area contributed by atoms with Crippen LogP contribution in [0.2, 0.25) is 0 Å². The number of hydrogen-bond acceptors (Lipinski definition) is 2. The molecule has 1 aliphatic rings. The van der Waals surface area contributed by atoms with Crippen LogP contribution in [0.4, 0.5) is 13.6 Å². The molecule has 1 rings (SSSR count). The normalized spacial score (nSPS) is 19.4. The molecule has 0 heterocycles. The molecule has 0 aromatic heterocycles. The maximum Gasteiger partial charge on any atom is 0.426 e. The van der Waals surface area contributed by atoms with Gasteiger partial charge in [0.25, 0.3) is 0 Å². The van der Waals surface area contributed by atoms with Crippen LogP contribution in [0.3, 0.4) is 0 Å². The van der Waals surface area contributed by atoms with Gasteiger partial charge < -0.3 is 5.11 Å². The summed E-state index contributed by atoms with van der Waals surface area (Å²) in [6.45, 7) is 4.78. The van der Waals surface area contributed by atoms with E-state index in [1.807, 2.05) is 0 Å². The smallest absolute Gasteiger partial charge is 0.426 e. The monoisotopic (exact) mass is 250 g/mol. The maximum atomic E-state index is 12.6. The van der Waals surface area contributed by atoms with E-state index in [-0.39, 0.29) is 0 Å². The molecule has 0 aromatic rings. The Hall–Kier alpha value is -1.40. The molecule has 0 aromatic carbocycles. The molecule has 2 N–H and O–H groups in total. The third kappa shape index (κ3) is 3.28. The average molecular weight is 250 g/mol. The summed E-state index contributed by atoms with van der Waals surface area (Å²) >= 11 is 0. The van der Waals surface area contributed by atoms with Gasteiger partial charge in [0.15, 0.2) is 0 Å². The Morgan fingerprint density at radius 1 is 1.35 bits per heavy atom. The van der Waals surface area contributed by atoms with Gasteiger partial charge in [-0.2, -0.15) is 0 Å². The van der Waals surface area contributed by atoms with E-state index < -0.39 is 42.2 Å². The van der Waals surface area contributed by atoms with Crippen molar-refractivity contribution < 1.29 is 23.5 Å². The Bertz CT molecular complexity index is 331. The minimum atomic E-state index is -2.79. The Kier molecular flexibility index (Phi) is 3.31. The molecular weight excluding hydrogens is 234 g/mol. The van der Waals surface area contributed by atoms with Crippen LogP contribution >= 0.6 is 0 Å². The third-order valence-electron chi connectivity index (χ3n) is 2.54. The highest BCUT2D eigenvalue weighted by molar-refractivity contribution is 5.82. The second-order valence-electron chi connectivity index (χ2n) is 5.23. The number of carbonyl (C=O) groups excluding carboxylic acids is 1. The Morgan fingerprint density at radius 3 is 2.12 bits per heavy atom. The fourth-order valence-electron chi connectivity index (χ4n) is 1.55. The summed E-state index contributed by atoms with van der Waals surface area (Å²) < 4.78 is 25.1. The van der Waals surface area contributed by atoms with Crippen LogP contribution in [0.25, 0.3) is 0 Å². The Balaban J connectivity index is 2.58. The molecule has 0 radical (unpaired) electrons. The predicted octanol–water partition coefficient (Wildman–Crippen LogP) is 1.84. The van der Waals surface area contributed by atoms with Crippen molar-refractivity contribution in [3.05, 3.63) is 0 Å². The van der Waals surface area contributed by atoms with Crippen LogP contribution in [0.15, 0.2) is 0 Å². The van der Waals surface area contributed by atoms with Crippen LogP contribution in [0, 0.1) is 5.92 Å². The van der Waals surface area contributed by atoms with Crippen LogP contribution in [0.1, 0.15) is 33.6 Å². The number of hydrogen-bond donors (Lipinski definition) is 2. The first-order chi connectivity index (χ1) is 7.53. The molecule has 5 nitrogen and oxygen atoms in total. The highest BCUT2D eigenvalue weighted by Gasteiger charge is 2.49. The van der Waals surface area contributed by atoms with Gasteiger partial charge in [-0.15, -0.1) is 0 Å². The first-order valence-corrected chi connectivity index (χ1v) is 5.24. The fraction of sp³-hybridized carbons (Fsp3) is 0.800. The van der Waals surface area contributed by atoms with Gasteiger partial charge in [-0.05, 0) is 20.8 Å². The summed E-state index contributed by atoms with van der Waals surface area (Å²) in [6, 6.07) is 0.